The standard InChI is InChI=1S/C30H29FN4O2/c1-37-22-11-9-21(10-12-22)35-19-33-26-17-32-28(30(36)29(26)35)24-14-13-23(20-7-3-2-4-8-20)25(27(24)31)18-34-15-5-6-16-34/h2-4,7-14,19,28,32H,5-6,15-18H2,1H3. The number of hydrogen-bond donors (Lipinski definition) is 1. The highest BCUT2D eigenvalue weighted by molar-refractivity contribution is 6.02. The van der Waals surface area contributed by atoms with Gasteiger partial charge >= 0.3 is 0 Å². The summed E-state index contributed by atoms with van der Waals surface area (Å²) in [6, 6.07) is 20.3. The molecule has 0 radical (unpaired) electrons. The number of imidazole rings is 1. The number of nitrogens with zero attached hydrogens (tertiary/aromatic N) is 3. The van der Waals surface area contributed by atoms with Gasteiger partial charge in [0.15, 0.2) is 0 Å². The Bertz CT molecular complexity index is 1430. The van der Waals surface area contributed by atoms with Crippen molar-refractivity contribution in [2.45, 2.75) is 32.0 Å². The third kappa shape index (κ3) is 4.34. The number of hydrogen-bond acceptors (Lipinski definition) is 5. The molecule has 0 aliphatic carbocycles. The van der Waals surface area contributed by atoms with Gasteiger partial charge in [-0.25, -0.2) is 9.37 Å². The summed E-state index contributed by atoms with van der Waals surface area (Å²) in [4.78, 5) is 20.6. The lowest BCUT2D eigenvalue weighted by molar-refractivity contribution is 0.0920. The maximum atomic E-state index is 16.4. The number of fused-ring (bicyclic) bond motifs is 1. The largest absolute Gasteiger partial charge is 0.497 e. The second-order valence-corrected chi connectivity index (χ2v) is 9.63. The summed E-state index contributed by atoms with van der Waals surface area (Å²) in [5, 5.41) is 3.25. The molecule has 37 heavy (non-hydrogen) atoms. The van der Waals surface area contributed by atoms with Crippen LogP contribution in [0.25, 0.3) is 16.8 Å². The summed E-state index contributed by atoms with van der Waals surface area (Å²) < 4.78 is 23.4. The zero-order chi connectivity index (χ0) is 25.4. The highest BCUT2D eigenvalue weighted by Crippen LogP contribution is 2.35. The van der Waals surface area contributed by atoms with Crippen LogP contribution in [0.4, 0.5) is 4.39 Å². The van der Waals surface area contributed by atoms with Crippen molar-refractivity contribution in [3.8, 4) is 22.6 Å². The molecule has 1 fully saturated rings. The molecule has 188 valence electrons. The SMILES string of the molecule is COc1ccc(-n2cnc3c2C(=O)C(c2ccc(-c4ccccc4)c(CN4CCCC4)c2F)NC3)cc1. The summed E-state index contributed by atoms with van der Waals surface area (Å²) in [6.45, 7) is 2.84. The number of benzene rings is 3. The molecule has 3 aromatic carbocycles. The number of carbonyl (C=O) groups excluding carboxylic acids is 1. The van der Waals surface area contributed by atoms with E-state index in [4.69, 9.17) is 4.74 Å². The fraction of sp³-hybridized carbons (Fsp3) is 0.267. The first-order valence-electron chi connectivity index (χ1n) is 12.7. The molecule has 0 amide bonds. The van der Waals surface area contributed by atoms with Crippen LogP contribution in [0.15, 0.2) is 73.1 Å². The van der Waals surface area contributed by atoms with E-state index in [1.165, 1.54) is 0 Å². The van der Waals surface area contributed by atoms with Crippen molar-refractivity contribution >= 4 is 5.78 Å². The molecule has 4 aromatic rings. The molecule has 2 aliphatic rings. The third-order valence-corrected chi connectivity index (χ3v) is 7.41. The quantitative estimate of drug-likeness (QED) is 0.392. The molecule has 1 atom stereocenters. The van der Waals surface area contributed by atoms with Gasteiger partial charge in [0.2, 0.25) is 5.78 Å². The van der Waals surface area contributed by atoms with Crippen LogP contribution in [0.3, 0.4) is 0 Å². The van der Waals surface area contributed by atoms with E-state index in [0.717, 1.165) is 48.5 Å². The smallest absolute Gasteiger partial charge is 0.203 e. The van der Waals surface area contributed by atoms with Crippen LogP contribution in [0.2, 0.25) is 0 Å². The highest BCUT2D eigenvalue weighted by atomic mass is 19.1. The number of methoxy groups -OCH3 is 1. The van der Waals surface area contributed by atoms with Gasteiger partial charge in [0.25, 0.3) is 0 Å². The molecule has 2 aliphatic heterocycles. The maximum absolute atomic E-state index is 16.4. The van der Waals surface area contributed by atoms with Crippen LogP contribution < -0.4 is 10.1 Å². The van der Waals surface area contributed by atoms with E-state index >= 15 is 4.39 Å². The van der Waals surface area contributed by atoms with Gasteiger partial charge in [-0.15, -0.1) is 0 Å². The highest BCUT2D eigenvalue weighted by Gasteiger charge is 2.35. The second kappa shape index (κ2) is 9.92. The lowest BCUT2D eigenvalue weighted by Crippen LogP contribution is -2.36. The Morgan fingerprint density at radius 2 is 1.78 bits per heavy atom. The number of Topliss-reactive ketones (excluding diaryl/α,β-unsaturated/α-hetero) is 1. The summed E-state index contributed by atoms with van der Waals surface area (Å²) in [5.41, 5.74) is 4.84. The minimum Gasteiger partial charge on any atom is -0.497 e. The van der Waals surface area contributed by atoms with Crippen molar-refractivity contribution in [3.63, 3.8) is 0 Å². The predicted molar refractivity (Wildman–Crippen MR) is 140 cm³/mol. The molecule has 6 rings (SSSR count). The number of likely N-dealkylation sites (tertiary alicyclic amines) is 1. The minimum atomic E-state index is -0.789. The van der Waals surface area contributed by atoms with Gasteiger partial charge in [0.05, 0.1) is 12.8 Å². The Morgan fingerprint density at radius 1 is 1.03 bits per heavy atom. The van der Waals surface area contributed by atoms with Gasteiger partial charge in [0.1, 0.15) is 29.6 Å². The first-order valence-corrected chi connectivity index (χ1v) is 12.7. The van der Waals surface area contributed by atoms with Gasteiger partial charge < -0.3 is 4.74 Å². The van der Waals surface area contributed by atoms with Crippen LogP contribution in [0.1, 0.15) is 46.2 Å². The van der Waals surface area contributed by atoms with Crippen LogP contribution in [0.5, 0.6) is 5.75 Å². The van der Waals surface area contributed by atoms with E-state index in [-0.39, 0.29) is 11.6 Å². The molecule has 6 nitrogen and oxygen atoms in total. The van der Waals surface area contributed by atoms with Gasteiger partial charge in [-0.05, 0) is 61.3 Å². The number of rotatable bonds is 6. The average molecular weight is 497 g/mol. The molecule has 1 unspecified atom stereocenters. The normalized spacial score (nSPS) is 17.7. The van der Waals surface area contributed by atoms with E-state index in [2.05, 4.69) is 15.2 Å². The Labute approximate surface area is 215 Å². The monoisotopic (exact) mass is 496 g/mol. The van der Waals surface area contributed by atoms with Crippen LogP contribution >= 0.6 is 0 Å². The summed E-state index contributed by atoms with van der Waals surface area (Å²) in [6.07, 6.45) is 3.91. The van der Waals surface area contributed by atoms with Crippen molar-refractivity contribution in [2.24, 2.45) is 0 Å². The number of nitrogens with one attached hydrogen (secondary N) is 1. The fourth-order valence-electron chi connectivity index (χ4n) is 5.46. The molecule has 7 heteroatoms. The number of ketones is 1. The lowest BCUT2D eigenvalue weighted by Gasteiger charge is -2.26. The first kappa shape index (κ1) is 23.6. The molecule has 1 saturated heterocycles. The zero-order valence-electron chi connectivity index (χ0n) is 20.8. The van der Waals surface area contributed by atoms with E-state index in [9.17, 15) is 4.79 Å². The van der Waals surface area contributed by atoms with E-state index in [0.29, 0.717) is 35.6 Å². The molecule has 1 N–H and O–H groups in total. The minimum absolute atomic E-state index is 0.187. The lowest BCUT2D eigenvalue weighted by atomic mass is 9.90. The summed E-state index contributed by atoms with van der Waals surface area (Å²) in [7, 11) is 1.61. The van der Waals surface area contributed by atoms with Gasteiger partial charge in [-0.3, -0.25) is 19.6 Å². The fourth-order valence-corrected chi connectivity index (χ4v) is 5.46. The number of ether oxygens (including phenoxy) is 1. The Hall–Kier alpha value is -3.81. The van der Waals surface area contributed by atoms with Gasteiger partial charge in [-0.1, -0.05) is 42.5 Å². The number of aromatic nitrogens is 2. The average Bonchev–Trinajstić information content (AvgIpc) is 3.61. The van der Waals surface area contributed by atoms with Gasteiger partial charge in [-0.2, -0.15) is 0 Å². The Kier molecular flexibility index (Phi) is 6.32. The van der Waals surface area contributed by atoms with E-state index in [1.807, 2.05) is 60.7 Å². The first-order chi connectivity index (χ1) is 18.1. The predicted octanol–water partition coefficient (Wildman–Crippen LogP) is 5.31. The third-order valence-electron chi connectivity index (χ3n) is 7.41. The topological polar surface area (TPSA) is 59.4 Å². The molecule has 0 bridgehead atoms. The second-order valence-electron chi connectivity index (χ2n) is 9.63. The van der Waals surface area contributed by atoms with Crippen LogP contribution in [0, 0.1) is 5.82 Å². The number of halogens is 1. The van der Waals surface area contributed by atoms with E-state index in [1.54, 1.807) is 24.1 Å². The summed E-state index contributed by atoms with van der Waals surface area (Å²) >= 11 is 0. The Balaban J connectivity index is 1.39. The van der Waals surface area contributed by atoms with Crippen molar-refractivity contribution in [1.29, 1.82) is 0 Å². The number of carbonyl (C=O) groups is 1. The van der Waals surface area contributed by atoms with Crippen LogP contribution in [-0.4, -0.2) is 40.4 Å². The molecule has 3 heterocycles. The van der Waals surface area contributed by atoms with Crippen molar-refractivity contribution in [2.75, 3.05) is 20.2 Å². The van der Waals surface area contributed by atoms with Crippen molar-refractivity contribution < 1.29 is 13.9 Å². The van der Waals surface area contributed by atoms with Crippen LogP contribution in [-0.2, 0) is 13.1 Å². The maximum Gasteiger partial charge on any atom is 0.203 e. The van der Waals surface area contributed by atoms with E-state index < -0.39 is 6.04 Å². The molecule has 0 saturated carbocycles. The van der Waals surface area contributed by atoms with Crippen molar-refractivity contribution in [1.82, 2.24) is 19.8 Å². The summed E-state index contributed by atoms with van der Waals surface area (Å²) in [5.74, 6) is 0.237. The molecular weight excluding hydrogens is 467 g/mol. The van der Waals surface area contributed by atoms with Crippen molar-refractivity contribution in [3.05, 3.63) is 101 Å². The van der Waals surface area contributed by atoms with Gasteiger partial charge in [0, 0.05) is 29.9 Å². The zero-order valence-corrected chi connectivity index (χ0v) is 20.8. The molecule has 0 spiro atoms. The Morgan fingerprint density at radius 3 is 2.51 bits per heavy atom. The molecular formula is C30H29FN4O2. The molecule has 1 aromatic heterocycles.